The molecule has 8 heteroatoms. The van der Waals surface area contributed by atoms with Crippen LogP contribution in [0.5, 0.6) is 0 Å². The summed E-state index contributed by atoms with van der Waals surface area (Å²) in [6, 6.07) is 5.35. The number of hydrogen-bond donors (Lipinski definition) is 0. The van der Waals surface area contributed by atoms with E-state index < -0.39 is 5.79 Å². The van der Waals surface area contributed by atoms with Crippen LogP contribution in [0.3, 0.4) is 0 Å². The van der Waals surface area contributed by atoms with E-state index in [9.17, 15) is 0 Å². The van der Waals surface area contributed by atoms with Crippen LogP contribution in [-0.2, 0) is 21.8 Å². The summed E-state index contributed by atoms with van der Waals surface area (Å²) in [5.74, 6) is 1.05. The lowest BCUT2D eigenvalue weighted by Gasteiger charge is -2.29. The van der Waals surface area contributed by atoms with E-state index in [0.717, 1.165) is 17.1 Å². The van der Waals surface area contributed by atoms with Gasteiger partial charge in [-0.15, -0.1) is 0 Å². The first kappa shape index (κ1) is 19.0. The standard InChI is InChI=1S/C17H21Cl2N3O2S/c1-2-3-6-25-9-14-8-23-17(24-14,10-22-12-20-11-21-22)15-5-4-13(18)7-16(15)19/h4-5,7,11-12,14H,2-3,6,8-10H2,1H3. The van der Waals surface area contributed by atoms with Crippen LogP contribution < -0.4 is 0 Å². The third-order valence-electron chi connectivity index (χ3n) is 3.98. The van der Waals surface area contributed by atoms with Gasteiger partial charge in [-0.25, -0.2) is 9.67 Å². The minimum Gasteiger partial charge on any atom is -0.342 e. The van der Waals surface area contributed by atoms with Crippen LogP contribution in [0.2, 0.25) is 10.0 Å². The van der Waals surface area contributed by atoms with Crippen molar-refractivity contribution in [2.75, 3.05) is 18.1 Å². The number of thioether (sulfide) groups is 1. The maximum absolute atomic E-state index is 6.44. The van der Waals surface area contributed by atoms with Crippen molar-refractivity contribution in [3.8, 4) is 0 Å². The van der Waals surface area contributed by atoms with Gasteiger partial charge in [0.2, 0.25) is 5.79 Å². The molecule has 0 saturated carbocycles. The van der Waals surface area contributed by atoms with E-state index in [1.165, 1.54) is 19.2 Å². The van der Waals surface area contributed by atoms with E-state index in [-0.39, 0.29) is 6.10 Å². The minimum absolute atomic E-state index is 0.0112. The molecule has 0 spiro atoms. The minimum atomic E-state index is -0.981. The molecular weight excluding hydrogens is 381 g/mol. The average molecular weight is 402 g/mol. The Morgan fingerprint density at radius 2 is 2.28 bits per heavy atom. The molecule has 0 amide bonds. The molecule has 1 aliphatic rings. The molecule has 0 aliphatic carbocycles. The van der Waals surface area contributed by atoms with Gasteiger partial charge in [0.1, 0.15) is 19.2 Å². The molecule has 0 bridgehead atoms. The molecule has 25 heavy (non-hydrogen) atoms. The number of rotatable bonds is 8. The van der Waals surface area contributed by atoms with E-state index >= 15 is 0 Å². The number of nitrogens with zero attached hydrogens (tertiary/aromatic N) is 3. The van der Waals surface area contributed by atoms with Crippen molar-refractivity contribution in [2.45, 2.75) is 38.2 Å². The second kappa shape index (κ2) is 8.73. The first-order chi connectivity index (χ1) is 12.1. The molecule has 0 N–H and O–H groups in total. The summed E-state index contributed by atoms with van der Waals surface area (Å²) in [6.07, 6.45) is 5.56. The normalized spacial score (nSPS) is 23.2. The predicted molar refractivity (Wildman–Crippen MR) is 101 cm³/mol. The Morgan fingerprint density at radius 1 is 1.40 bits per heavy atom. The summed E-state index contributed by atoms with van der Waals surface area (Å²) in [6.45, 7) is 3.10. The highest BCUT2D eigenvalue weighted by molar-refractivity contribution is 7.99. The molecule has 2 unspecified atom stereocenters. The van der Waals surface area contributed by atoms with E-state index in [2.05, 4.69) is 17.0 Å². The summed E-state index contributed by atoms with van der Waals surface area (Å²) in [7, 11) is 0. The van der Waals surface area contributed by atoms with Crippen LogP contribution in [0, 0.1) is 0 Å². The van der Waals surface area contributed by atoms with Crippen LogP contribution in [-0.4, -0.2) is 39.0 Å². The average Bonchev–Trinajstić information content (AvgIpc) is 3.22. The molecule has 1 aromatic carbocycles. The first-order valence-corrected chi connectivity index (χ1v) is 10.2. The molecule has 3 rings (SSSR count). The molecule has 0 radical (unpaired) electrons. The van der Waals surface area contributed by atoms with Crippen LogP contribution in [0.1, 0.15) is 25.3 Å². The van der Waals surface area contributed by atoms with Crippen molar-refractivity contribution in [2.24, 2.45) is 0 Å². The molecule has 5 nitrogen and oxygen atoms in total. The molecule has 1 fully saturated rings. The number of hydrogen-bond acceptors (Lipinski definition) is 5. The number of ether oxygens (including phenoxy) is 2. The maximum Gasteiger partial charge on any atom is 0.217 e. The third-order valence-corrected chi connectivity index (χ3v) is 5.72. The monoisotopic (exact) mass is 401 g/mol. The van der Waals surface area contributed by atoms with Crippen molar-refractivity contribution in [3.63, 3.8) is 0 Å². The fraction of sp³-hybridized carbons (Fsp3) is 0.529. The van der Waals surface area contributed by atoms with Gasteiger partial charge in [-0.3, -0.25) is 0 Å². The van der Waals surface area contributed by atoms with E-state index in [0.29, 0.717) is 23.2 Å². The third kappa shape index (κ3) is 4.68. The van der Waals surface area contributed by atoms with Gasteiger partial charge in [0, 0.05) is 16.3 Å². The van der Waals surface area contributed by atoms with Crippen molar-refractivity contribution >= 4 is 35.0 Å². The van der Waals surface area contributed by atoms with Crippen molar-refractivity contribution < 1.29 is 9.47 Å². The quantitative estimate of drug-likeness (QED) is 0.613. The lowest BCUT2D eigenvalue weighted by atomic mass is 10.1. The van der Waals surface area contributed by atoms with Gasteiger partial charge in [-0.1, -0.05) is 42.6 Å². The summed E-state index contributed by atoms with van der Waals surface area (Å²) >= 11 is 14.4. The summed E-state index contributed by atoms with van der Waals surface area (Å²) in [5.41, 5.74) is 0.759. The van der Waals surface area contributed by atoms with Crippen LogP contribution in [0.4, 0.5) is 0 Å². The van der Waals surface area contributed by atoms with Gasteiger partial charge in [0.15, 0.2) is 0 Å². The van der Waals surface area contributed by atoms with Crippen LogP contribution >= 0.6 is 35.0 Å². The fourth-order valence-corrected chi connectivity index (χ4v) is 4.38. The number of benzene rings is 1. The van der Waals surface area contributed by atoms with Crippen LogP contribution in [0.25, 0.3) is 0 Å². The van der Waals surface area contributed by atoms with E-state index in [4.69, 9.17) is 32.7 Å². The van der Waals surface area contributed by atoms with Crippen LogP contribution in [0.15, 0.2) is 30.9 Å². The Labute approximate surface area is 162 Å². The molecular formula is C17H21Cl2N3O2S. The number of aromatic nitrogens is 3. The smallest absolute Gasteiger partial charge is 0.217 e. The van der Waals surface area contributed by atoms with Gasteiger partial charge in [0.25, 0.3) is 0 Å². The summed E-state index contributed by atoms with van der Waals surface area (Å²) in [4.78, 5) is 4.00. The van der Waals surface area contributed by atoms with E-state index in [1.807, 2.05) is 17.8 Å². The molecule has 1 saturated heterocycles. The van der Waals surface area contributed by atoms with Crippen molar-refractivity contribution in [1.82, 2.24) is 14.8 Å². The highest BCUT2D eigenvalue weighted by atomic mass is 35.5. The highest BCUT2D eigenvalue weighted by Crippen LogP contribution is 2.40. The molecule has 1 aromatic heterocycles. The Morgan fingerprint density at radius 3 is 3.00 bits per heavy atom. The van der Waals surface area contributed by atoms with Crippen molar-refractivity contribution in [3.05, 3.63) is 46.5 Å². The zero-order valence-electron chi connectivity index (χ0n) is 14.0. The fourth-order valence-electron chi connectivity index (χ4n) is 2.74. The lowest BCUT2D eigenvalue weighted by molar-refractivity contribution is -0.186. The lowest BCUT2D eigenvalue weighted by Crippen LogP contribution is -2.34. The zero-order chi connectivity index (χ0) is 17.7. The Bertz CT molecular complexity index is 687. The first-order valence-electron chi connectivity index (χ1n) is 8.30. The van der Waals surface area contributed by atoms with Gasteiger partial charge in [-0.05, 0) is 24.3 Å². The second-order valence-electron chi connectivity index (χ2n) is 5.95. The SMILES string of the molecule is CCCCSCC1COC(Cn2cncn2)(c2ccc(Cl)cc2Cl)O1. The zero-order valence-corrected chi connectivity index (χ0v) is 16.4. The summed E-state index contributed by atoms with van der Waals surface area (Å²) < 4.78 is 14.2. The molecule has 136 valence electrons. The predicted octanol–water partition coefficient (Wildman–Crippen LogP) is 4.39. The van der Waals surface area contributed by atoms with E-state index in [1.54, 1.807) is 23.1 Å². The number of unbranched alkanes of at least 4 members (excludes halogenated alkanes) is 1. The molecule has 1 aliphatic heterocycles. The highest BCUT2D eigenvalue weighted by Gasteiger charge is 2.45. The molecule has 2 atom stereocenters. The van der Waals surface area contributed by atoms with Gasteiger partial charge < -0.3 is 9.47 Å². The van der Waals surface area contributed by atoms with Gasteiger partial charge in [-0.2, -0.15) is 16.9 Å². The Kier molecular flexibility index (Phi) is 6.63. The molecule has 2 aromatic rings. The topological polar surface area (TPSA) is 49.2 Å². The van der Waals surface area contributed by atoms with Gasteiger partial charge >= 0.3 is 0 Å². The summed E-state index contributed by atoms with van der Waals surface area (Å²) in [5, 5.41) is 5.28. The van der Waals surface area contributed by atoms with Gasteiger partial charge in [0.05, 0.1) is 17.7 Å². The molecule has 2 heterocycles. The number of halogens is 2. The maximum atomic E-state index is 6.44. The second-order valence-corrected chi connectivity index (χ2v) is 7.94. The largest absolute Gasteiger partial charge is 0.342 e. The Hall–Kier alpha value is -0.790. The van der Waals surface area contributed by atoms with Crippen molar-refractivity contribution in [1.29, 1.82) is 0 Å². The Balaban J connectivity index is 1.79.